The quantitative estimate of drug-likeness (QED) is 0.618. The predicted molar refractivity (Wildman–Crippen MR) is 105 cm³/mol. The van der Waals surface area contributed by atoms with Crippen LogP contribution in [0.4, 0.5) is 0 Å². The van der Waals surface area contributed by atoms with Gasteiger partial charge >= 0.3 is 0 Å². The maximum atomic E-state index is 12.9. The Morgan fingerprint density at radius 1 is 1.30 bits per heavy atom. The van der Waals surface area contributed by atoms with Gasteiger partial charge in [0.25, 0.3) is 5.56 Å². The van der Waals surface area contributed by atoms with Crippen molar-refractivity contribution in [2.75, 3.05) is 19.8 Å². The van der Waals surface area contributed by atoms with Crippen molar-refractivity contribution in [3.05, 3.63) is 46.4 Å². The summed E-state index contributed by atoms with van der Waals surface area (Å²) < 4.78 is 9.14. The smallest absolute Gasteiger partial charge is 0.273 e. The minimum Gasteiger partial charge on any atom is -0.382 e. The first kappa shape index (κ1) is 19.1. The molecule has 0 aliphatic carbocycles. The van der Waals surface area contributed by atoms with E-state index in [9.17, 15) is 9.59 Å². The summed E-state index contributed by atoms with van der Waals surface area (Å²) in [4.78, 5) is 29.0. The normalized spacial score (nSPS) is 12.6. The number of fused-ring (bicyclic) bond motifs is 3. The van der Waals surface area contributed by atoms with Gasteiger partial charge in [0.05, 0.1) is 5.52 Å². The zero-order chi connectivity index (χ0) is 19.4. The van der Waals surface area contributed by atoms with Crippen molar-refractivity contribution in [3.8, 4) is 0 Å². The zero-order valence-electron chi connectivity index (χ0n) is 16.1. The second kappa shape index (κ2) is 8.35. The number of hydrogen-bond donors (Lipinski definition) is 1. The number of rotatable bonds is 8. The molecule has 0 aliphatic heterocycles. The largest absolute Gasteiger partial charge is 0.382 e. The third kappa shape index (κ3) is 3.73. The fraction of sp³-hybridized carbons (Fsp3) is 0.450. The first-order valence-electron chi connectivity index (χ1n) is 9.43. The standard InChI is InChI=1S/C20H26N4O3/c1-4-16(20(26)21-11-8-12-27-5-2)24-17-10-7-6-9-15(17)19-22-18(25)13-14(3)23(19)24/h6-7,9-10,13,16H,4-5,8,11-12H2,1-3H3,(H,21,26)/t16-/m1/s1. The second-order valence-electron chi connectivity index (χ2n) is 6.50. The van der Waals surface area contributed by atoms with E-state index in [2.05, 4.69) is 10.3 Å². The second-order valence-corrected chi connectivity index (χ2v) is 6.50. The highest BCUT2D eigenvalue weighted by Gasteiger charge is 2.24. The van der Waals surface area contributed by atoms with Crippen molar-refractivity contribution in [1.29, 1.82) is 0 Å². The van der Waals surface area contributed by atoms with E-state index in [1.54, 1.807) is 0 Å². The number of hydrogen-bond acceptors (Lipinski definition) is 4. The van der Waals surface area contributed by atoms with Crippen LogP contribution in [0.1, 0.15) is 38.4 Å². The van der Waals surface area contributed by atoms with E-state index in [4.69, 9.17) is 4.74 Å². The summed E-state index contributed by atoms with van der Waals surface area (Å²) in [7, 11) is 0. The third-order valence-corrected chi connectivity index (χ3v) is 4.64. The Balaban J connectivity index is 2.02. The van der Waals surface area contributed by atoms with Crippen LogP contribution in [0.15, 0.2) is 35.1 Å². The van der Waals surface area contributed by atoms with Crippen LogP contribution in [0, 0.1) is 6.92 Å². The molecular formula is C20H26N4O3. The molecule has 2 heterocycles. The van der Waals surface area contributed by atoms with Crippen molar-refractivity contribution in [2.24, 2.45) is 0 Å². The first-order valence-corrected chi connectivity index (χ1v) is 9.43. The molecule has 0 radical (unpaired) electrons. The van der Waals surface area contributed by atoms with Crippen LogP contribution in [0.25, 0.3) is 16.6 Å². The molecule has 1 aromatic carbocycles. The van der Waals surface area contributed by atoms with Crippen LogP contribution in [0.5, 0.6) is 0 Å². The summed E-state index contributed by atoms with van der Waals surface area (Å²) in [6.07, 6.45) is 1.40. The van der Waals surface area contributed by atoms with Gasteiger partial charge in [-0.25, -0.2) is 4.52 Å². The van der Waals surface area contributed by atoms with Gasteiger partial charge in [-0.05, 0) is 38.8 Å². The molecule has 0 bridgehead atoms. The zero-order valence-corrected chi connectivity index (χ0v) is 16.1. The summed E-state index contributed by atoms with van der Waals surface area (Å²) in [5.74, 6) is -0.0465. The van der Waals surface area contributed by atoms with Crippen LogP contribution < -0.4 is 10.9 Å². The lowest BCUT2D eigenvalue weighted by atomic mass is 10.2. The molecular weight excluding hydrogens is 344 g/mol. The molecule has 1 amide bonds. The minimum atomic E-state index is -0.400. The number of amides is 1. The Kier molecular flexibility index (Phi) is 5.91. The van der Waals surface area contributed by atoms with E-state index in [1.807, 2.05) is 54.2 Å². The van der Waals surface area contributed by atoms with E-state index in [0.717, 1.165) is 23.0 Å². The highest BCUT2D eigenvalue weighted by atomic mass is 16.5. The lowest BCUT2D eigenvalue weighted by Gasteiger charge is -2.20. The van der Waals surface area contributed by atoms with E-state index in [0.29, 0.717) is 31.8 Å². The third-order valence-electron chi connectivity index (χ3n) is 4.64. The molecule has 3 aromatic rings. The van der Waals surface area contributed by atoms with Gasteiger partial charge in [-0.1, -0.05) is 19.1 Å². The number of nitrogens with zero attached hydrogens (tertiary/aromatic N) is 3. The summed E-state index contributed by atoms with van der Waals surface area (Å²) in [5, 5.41) is 3.87. The molecule has 3 rings (SSSR count). The summed E-state index contributed by atoms with van der Waals surface area (Å²) in [5.41, 5.74) is 1.95. The molecule has 1 atom stereocenters. The number of para-hydroxylation sites is 1. The average Bonchev–Trinajstić information content (AvgIpc) is 2.97. The molecule has 7 nitrogen and oxygen atoms in total. The van der Waals surface area contributed by atoms with Crippen LogP contribution in [-0.4, -0.2) is 39.8 Å². The van der Waals surface area contributed by atoms with Crippen LogP contribution in [0.3, 0.4) is 0 Å². The molecule has 0 saturated carbocycles. The van der Waals surface area contributed by atoms with Crippen molar-refractivity contribution >= 4 is 22.5 Å². The summed E-state index contributed by atoms with van der Waals surface area (Å²) >= 11 is 0. The maximum Gasteiger partial charge on any atom is 0.273 e. The molecule has 0 saturated heterocycles. The lowest BCUT2D eigenvalue weighted by Crippen LogP contribution is -2.35. The lowest BCUT2D eigenvalue weighted by molar-refractivity contribution is -0.124. The topological polar surface area (TPSA) is 77.6 Å². The van der Waals surface area contributed by atoms with Crippen molar-refractivity contribution in [2.45, 2.75) is 39.7 Å². The van der Waals surface area contributed by atoms with Gasteiger partial charge in [0.15, 0.2) is 5.65 Å². The van der Waals surface area contributed by atoms with E-state index in [1.165, 1.54) is 6.07 Å². The van der Waals surface area contributed by atoms with Crippen LogP contribution in [-0.2, 0) is 9.53 Å². The van der Waals surface area contributed by atoms with Gasteiger partial charge in [0.2, 0.25) is 5.91 Å². The molecule has 0 aliphatic rings. The number of nitrogens with one attached hydrogen (secondary N) is 1. The maximum absolute atomic E-state index is 12.9. The Bertz CT molecular complexity index is 1010. The molecule has 1 N–H and O–H groups in total. The number of ether oxygens (including phenoxy) is 1. The summed E-state index contributed by atoms with van der Waals surface area (Å²) in [6.45, 7) is 7.67. The highest BCUT2D eigenvalue weighted by Crippen LogP contribution is 2.26. The Morgan fingerprint density at radius 3 is 2.81 bits per heavy atom. The van der Waals surface area contributed by atoms with Crippen molar-refractivity contribution in [1.82, 2.24) is 19.5 Å². The molecule has 0 fully saturated rings. The van der Waals surface area contributed by atoms with Crippen LogP contribution in [0.2, 0.25) is 0 Å². The van der Waals surface area contributed by atoms with Gasteiger partial charge < -0.3 is 10.1 Å². The van der Waals surface area contributed by atoms with E-state index >= 15 is 0 Å². The van der Waals surface area contributed by atoms with Crippen molar-refractivity contribution < 1.29 is 9.53 Å². The van der Waals surface area contributed by atoms with Gasteiger partial charge in [0.1, 0.15) is 6.04 Å². The Labute approximate surface area is 157 Å². The van der Waals surface area contributed by atoms with Gasteiger partial charge in [-0.2, -0.15) is 4.98 Å². The predicted octanol–water partition coefficient (Wildman–Crippen LogP) is 2.45. The Morgan fingerprint density at radius 2 is 2.07 bits per heavy atom. The molecule has 7 heteroatoms. The van der Waals surface area contributed by atoms with Gasteiger partial charge in [-0.3, -0.25) is 14.3 Å². The van der Waals surface area contributed by atoms with Crippen molar-refractivity contribution in [3.63, 3.8) is 0 Å². The Hall–Kier alpha value is -2.67. The van der Waals surface area contributed by atoms with Gasteiger partial charge in [0, 0.05) is 36.9 Å². The number of benzene rings is 1. The average molecular weight is 370 g/mol. The molecule has 0 spiro atoms. The van der Waals surface area contributed by atoms with Crippen LogP contribution >= 0.6 is 0 Å². The fourth-order valence-corrected chi connectivity index (χ4v) is 3.43. The molecule has 27 heavy (non-hydrogen) atoms. The van der Waals surface area contributed by atoms with E-state index in [-0.39, 0.29) is 11.5 Å². The van der Waals surface area contributed by atoms with Gasteiger partial charge in [-0.15, -0.1) is 0 Å². The fourth-order valence-electron chi connectivity index (χ4n) is 3.43. The molecule has 2 aromatic heterocycles. The summed E-state index contributed by atoms with van der Waals surface area (Å²) in [6, 6.07) is 8.82. The highest BCUT2D eigenvalue weighted by molar-refractivity contribution is 5.94. The SMILES string of the molecule is CCOCCCNC(=O)[C@@H](CC)n1c2ccccc2c2nc(=O)cc(C)n21. The first-order chi connectivity index (χ1) is 13.1. The number of carbonyl (C=O) groups is 1. The monoisotopic (exact) mass is 370 g/mol. The minimum absolute atomic E-state index is 0.0465. The molecule has 0 unspecified atom stereocenters. The van der Waals surface area contributed by atoms with E-state index < -0.39 is 6.04 Å². The molecule has 144 valence electrons. The number of aryl methyl sites for hydroxylation is 1. The number of carbonyl (C=O) groups excluding carboxylic acids is 1. The number of aromatic nitrogens is 3.